The van der Waals surface area contributed by atoms with Crippen molar-refractivity contribution in [1.29, 1.82) is 0 Å². The molecule has 27 heavy (non-hydrogen) atoms. The number of nitrogens with zero attached hydrogens (tertiary/aromatic N) is 5. The van der Waals surface area contributed by atoms with E-state index in [4.69, 9.17) is 4.52 Å². The lowest BCUT2D eigenvalue weighted by Crippen LogP contribution is -2.48. The smallest absolute Gasteiger partial charge is 0.276 e. The van der Waals surface area contributed by atoms with E-state index in [1.165, 1.54) is 0 Å². The Morgan fingerprint density at radius 1 is 1.15 bits per heavy atom. The predicted molar refractivity (Wildman–Crippen MR) is 102 cm³/mol. The van der Waals surface area contributed by atoms with Gasteiger partial charge < -0.3 is 14.3 Å². The number of hydrogen-bond donors (Lipinski definition) is 0. The van der Waals surface area contributed by atoms with Crippen molar-refractivity contribution in [3.63, 3.8) is 0 Å². The number of anilines is 1. The summed E-state index contributed by atoms with van der Waals surface area (Å²) in [5.74, 6) is 1.92. The fourth-order valence-electron chi connectivity index (χ4n) is 4.44. The number of likely N-dealkylation sites (tertiary alicyclic amines) is 1. The Hall–Kier alpha value is -2.44. The van der Waals surface area contributed by atoms with Crippen LogP contribution in [0.1, 0.15) is 68.1 Å². The van der Waals surface area contributed by atoms with Crippen LogP contribution in [0.2, 0.25) is 0 Å². The molecular formula is C20H27N5O2. The number of hydrogen-bond acceptors (Lipinski definition) is 6. The van der Waals surface area contributed by atoms with Gasteiger partial charge in [-0.05, 0) is 32.1 Å². The second-order valence-corrected chi connectivity index (χ2v) is 7.96. The van der Waals surface area contributed by atoms with Crippen molar-refractivity contribution < 1.29 is 9.32 Å². The monoisotopic (exact) mass is 369 g/mol. The first-order chi connectivity index (χ1) is 13.1. The minimum absolute atomic E-state index is 0.0103. The summed E-state index contributed by atoms with van der Waals surface area (Å²) in [5.41, 5.74) is 0.361. The van der Waals surface area contributed by atoms with Gasteiger partial charge >= 0.3 is 0 Å². The molecule has 4 heterocycles. The van der Waals surface area contributed by atoms with Gasteiger partial charge in [-0.15, -0.1) is 0 Å². The summed E-state index contributed by atoms with van der Waals surface area (Å²) in [7, 11) is 0. The molecule has 2 saturated heterocycles. The van der Waals surface area contributed by atoms with Crippen molar-refractivity contribution in [3.05, 3.63) is 36.1 Å². The molecular weight excluding hydrogens is 342 g/mol. The Morgan fingerprint density at radius 3 is 2.67 bits per heavy atom. The lowest BCUT2D eigenvalue weighted by Gasteiger charge is -2.37. The van der Waals surface area contributed by atoms with Crippen LogP contribution in [0.4, 0.5) is 5.82 Å². The van der Waals surface area contributed by atoms with Crippen LogP contribution in [0.25, 0.3) is 0 Å². The molecule has 7 heteroatoms. The largest absolute Gasteiger partial charge is 0.360 e. The molecule has 2 aliphatic rings. The minimum atomic E-state index is -0.0784. The molecule has 0 radical (unpaired) electrons. The molecule has 2 aromatic rings. The van der Waals surface area contributed by atoms with Gasteiger partial charge in [0.1, 0.15) is 11.6 Å². The van der Waals surface area contributed by atoms with Crippen LogP contribution in [0.5, 0.6) is 0 Å². The molecule has 0 aliphatic carbocycles. The lowest BCUT2D eigenvalue weighted by atomic mass is 9.87. The summed E-state index contributed by atoms with van der Waals surface area (Å²) < 4.78 is 5.36. The third kappa shape index (κ3) is 3.42. The van der Waals surface area contributed by atoms with Crippen LogP contribution >= 0.6 is 0 Å². The SMILES string of the molecule is CC(C)c1cc(C(=O)N2CCC[C@@]23CCCN(c2cnccn2)CC3)no1. The fraction of sp³-hybridized carbons (Fsp3) is 0.600. The van der Waals surface area contributed by atoms with E-state index in [0.717, 1.165) is 63.3 Å². The minimum Gasteiger partial charge on any atom is -0.360 e. The number of carbonyl (C=O) groups is 1. The second kappa shape index (κ2) is 7.29. The zero-order chi connectivity index (χ0) is 18.9. The molecule has 4 rings (SSSR count). The molecule has 0 saturated carbocycles. The molecule has 2 aromatic heterocycles. The summed E-state index contributed by atoms with van der Waals surface area (Å²) >= 11 is 0. The average Bonchev–Trinajstić information content (AvgIpc) is 3.27. The van der Waals surface area contributed by atoms with E-state index < -0.39 is 0 Å². The maximum absolute atomic E-state index is 13.2. The number of amides is 1. The molecule has 0 bridgehead atoms. The van der Waals surface area contributed by atoms with Crippen LogP contribution in [0.15, 0.2) is 29.2 Å². The van der Waals surface area contributed by atoms with E-state index in [1.54, 1.807) is 12.4 Å². The van der Waals surface area contributed by atoms with Crippen molar-refractivity contribution in [2.24, 2.45) is 0 Å². The third-order valence-electron chi connectivity index (χ3n) is 5.95. The van der Waals surface area contributed by atoms with Crippen molar-refractivity contribution in [2.45, 2.75) is 57.4 Å². The fourth-order valence-corrected chi connectivity index (χ4v) is 4.44. The summed E-state index contributed by atoms with van der Waals surface area (Å²) in [6.07, 6.45) is 10.4. The Balaban J connectivity index is 1.52. The molecule has 0 aromatic carbocycles. The summed E-state index contributed by atoms with van der Waals surface area (Å²) in [6, 6.07) is 1.81. The van der Waals surface area contributed by atoms with Gasteiger partial charge in [0.15, 0.2) is 5.69 Å². The van der Waals surface area contributed by atoms with E-state index in [2.05, 4.69) is 24.9 Å². The Labute approximate surface area is 159 Å². The van der Waals surface area contributed by atoms with Crippen molar-refractivity contribution in [3.8, 4) is 0 Å². The van der Waals surface area contributed by atoms with Crippen molar-refractivity contribution in [1.82, 2.24) is 20.0 Å². The third-order valence-corrected chi connectivity index (χ3v) is 5.95. The number of carbonyl (C=O) groups excluding carboxylic acids is 1. The number of aromatic nitrogens is 3. The highest BCUT2D eigenvalue weighted by molar-refractivity contribution is 5.93. The highest BCUT2D eigenvalue weighted by atomic mass is 16.5. The molecule has 7 nitrogen and oxygen atoms in total. The van der Waals surface area contributed by atoms with Gasteiger partial charge in [-0.2, -0.15) is 0 Å². The quantitative estimate of drug-likeness (QED) is 0.827. The topological polar surface area (TPSA) is 75.4 Å². The lowest BCUT2D eigenvalue weighted by molar-refractivity contribution is 0.0555. The Morgan fingerprint density at radius 2 is 1.96 bits per heavy atom. The van der Waals surface area contributed by atoms with Gasteiger partial charge in [0, 0.05) is 49.6 Å². The predicted octanol–water partition coefficient (Wildman–Crippen LogP) is 3.25. The van der Waals surface area contributed by atoms with Crippen molar-refractivity contribution >= 4 is 11.7 Å². The molecule has 144 valence electrons. The van der Waals surface area contributed by atoms with E-state index in [9.17, 15) is 4.79 Å². The first-order valence-electron chi connectivity index (χ1n) is 9.89. The van der Waals surface area contributed by atoms with E-state index in [0.29, 0.717) is 5.69 Å². The van der Waals surface area contributed by atoms with Gasteiger partial charge in [-0.3, -0.25) is 9.78 Å². The van der Waals surface area contributed by atoms with Gasteiger partial charge in [0.25, 0.3) is 5.91 Å². The van der Waals surface area contributed by atoms with Crippen LogP contribution in [0, 0.1) is 0 Å². The Kier molecular flexibility index (Phi) is 4.85. The summed E-state index contributed by atoms with van der Waals surface area (Å²) in [4.78, 5) is 26.2. The van der Waals surface area contributed by atoms with E-state index in [1.807, 2.05) is 26.1 Å². The molecule has 1 amide bonds. The molecule has 2 fully saturated rings. The van der Waals surface area contributed by atoms with Gasteiger partial charge in [-0.25, -0.2) is 4.98 Å². The maximum atomic E-state index is 13.2. The van der Waals surface area contributed by atoms with Crippen LogP contribution < -0.4 is 4.90 Å². The standard InChI is InChI=1S/C20H27N5O2/c1-15(2)17-13-16(23-27-17)19(26)25-11-4-6-20(25)5-3-10-24(12-7-20)18-14-21-8-9-22-18/h8-9,13-15H,3-7,10-12H2,1-2H3/t20-/m1/s1. The maximum Gasteiger partial charge on any atom is 0.276 e. The summed E-state index contributed by atoms with van der Waals surface area (Å²) in [5, 5.41) is 4.05. The first-order valence-corrected chi connectivity index (χ1v) is 9.89. The number of rotatable bonds is 3. The zero-order valence-corrected chi connectivity index (χ0v) is 16.1. The van der Waals surface area contributed by atoms with E-state index in [-0.39, 0.29) is 17.4 Å². The highest BCUT2D eigenvalue weighted by Gasteiger charge is 2.45. The van der Waals surface area contributed by atoms with Gasteiger partial charge in [0.2, 0.25) is 0 Å². The molecule has 2 aliphatic heterocycles. The summed E-state index contributed by atoms with van der Waals surface area (Å²) in [6.45, 7) is 6.72. The van der Waals surface area contributed by atoms with Crippen LogP contribution in [-0.4, -0.2) is 51.1 Å². The molecule has 0 N–H and O–H groups in total. The molecule has 0 unspecified atom stereocenters. The highest BCUT2D eigenvalue weighted by Crippen LogP contribution is 2.39. The van der Waals surface area contributed by atoms with Crippen molar-refractivity contribution in [2.75, 3.05) is 24.5 Å². The van der Waals surface area contributed by atoms with E-state index >= 15 is 0 Å². The van der Waals surface area contributed by atoms with Crippen LogP contribution in [-0.2, 0) is 0 Å². The first kappa shape index (κ1) is 17.9. The van der Waals surface area contributed by atoms with Crippen LogP contribution in [0.3, 0.4) is 0 Å². The molecule has 1 atom stereocenters. The average molecular weight is 369 g/mol. The normalized spacial score (nSPS) is 23.2. The zero-order valence-electron chi connectivity index (χ0n) is 16.1. The second-order valence-electron chi connectivity index (χ2n) is 7.96. The molecule has 1 spiro atoms. The van der Waals surface area contributed by atoms with Gasteiger partial charge in [0.05, 0.1) is 6.20 Å². The Bertz CT molecular complexity index is 791. The van der Waals surface area contributed by atoms with Gasteiger partial charge in [-0.1, -0.05) is 19.0 Å².